The molecule has 0 spiro atoms. The zero-order valence-corrected chi connectivity index (χ0v) is 17.1. The number of nitrogens with one attached hydrogen (secondary N) is 2. The van der Waals surface area contributed by atoms with Crippen molar-refractivity contribution in [2.75, 3.05) is 11.9 Å². The van der Waals surface area contributed by atoms with Gasteiger partial charge in [0.1, 0.15) is 5.75 Å². The van der Waals surface area contributed by atoms with Crippen LogP contribution in [-0.2, 0) is 14.8 Å². The normalized spacial score (nSPS) is 14.8. The van der Waals surface area contributed by atoms with Gasteiger partial charge < -0.3 is 10.1 Å². The van der Waals surface area contributed by atoms with Crippen molar-refractivity contribution >= 4 is 33.2 Å². The van der Waals surface area contributed by atoms with E-state index in [2.05, 4.69) is 10.0 Å². The average Bonchev–Trinajstić information content (AvgIpc) is 3.16. The molecule has 8 heteroatoms. The molecule has 1 amide bonds. The maximum Gasteiger partial charge on any atom is 0.262 e. The first-order chi connectivity index (χ1) is 13.3. The van der Waals surface area contributed by atoms with Crippen molar-refractivity contribution in [2.24, 2.45) is 0 Å². The molecule has 6 nitrogen and oxygen atoms in total. The van der Waals surface area contributed by atoms with Crippen LogP contribution >= 0.6 is 11.6 Å². The molecule has 0 saturated heterocycles. The number of benzene rings is 2. The van der Waals surface area contributed by atoms with E-state index in [0.29, 0.717) is 16.5 Å². The second-order valence-electron chi connectivity index (χ2n) is 6.87. The maximum atomic E-state index is 12.4. The van der Waals surface area contributed by atoms with Gasteiger partial charge in [0.05, 0.1) is 4.90 Å². The molecule has 3 rings (SSSR count). The number of ether oxygens (including phenoxy) is 1. The quantitative estimate of drug-likeness (QED) is 0.709. The Morgan fingerprint density at radius 1 is 1.14 bits per heavy atom. The van der Waals surface area contributed by atoms with Crippen molar-refractivity contribution in [3.63, 3.8) is 0 Å². The molecule has 1 aliphatic rings. The molecule has 1 aliphatic carbocycles. The minimum atomic E-state index is -3.54. The Hall–Kier alpha value is -2.09. The smallest absolute Gasteiger partial charge is 0.262 e. The highest BCUT2D eigenvalue weighted by Crippen LogP contribution is 2.22. The van der Waals surface area contributed by atoms with Gasteiger partial charge in [0.15, 0.2) is 6.61 Å². The summed E-state index contributed by atoms with van der Waals surface area (Å²) in [5, 5.41) is 3.27. The fraction of sp³-hybridized carbons (Fsp3) is 0.350. The van der Waals surface area contributed by atoms with Gasteiger partial charge in [0.25, 0.3) is 5.91 Å². The number of anilines is 1. The SMILES string of the molecule is Cc1ccc(NC(=O)COc2ccc(S(=O)(=O)NC3CCCC3)cc2)cc1Cl. The van der Waals surface area contributed by atoms with Crippen molar-refractivity contribution in [2.45, 2.75) is 43.5 Å². The molecule has 1 saturated carbocycles. The Labute approximate surface area is 170 Å². The third kappa shape index (κ3) is 5.47. The van der Waals surface area contributed by atoms with Gasteiger partial charge in [-0.15, -0.1) is 0 Å². The molecule has 2 aromatic carbocycles. The van der Waals surface area contributed by atoms with Gasteiger partial charge in [-0.3, -0.25) is 4.79 Å². The van der Waals surface area contributed by atoms with Crippen LogP contribution in [0.1, 0.15) is 31.2 Å². The van der Waals surface area contributed by atoms with Crippen LogP contribution in [0.4, 0.5) is 5.69 Å². The maximum absolute atomic E-state index is 12.4. The highest BCUT2D eigenvalue weighted by molar-refractivity contribution is 7.89. The second-order valence-corrected chi connectivity index (χ2v) is 9.00. The number of carbonyl (C=O) groups is 1. The summed E-state index contributed by atoms with van der Waals surface area (Å²) in [6, 6.07) is 11.3. The molecule has 0 radical (unpaired) electrons. The van der Waals surface area contributed by atoms with Crippen LogP contribution < -0.4 is 14.8 Å². The molecule has 2 aromatic rings. The van der Waals surface area contributed by atoms with Crippen LogP contribution in [-0.4, -0.2) is 27.0 Å². The lowest BCUT2D eigenvalue weighted by atomic mass is 10.2. The van der Waals surface area contributed by atoms with Gasteiger partial charge >= 0.3 is 0 Å². The summed E-state index contributed by atoms with van der Waals surface area (Å²) in [6.45, 7) is 1.68. The predicted molar refractivity (Wildman–Crippen MR) is 109 cm³/mol. The zero-order chi connectivity index (χ0) is 20.1. The largest absolute Gasteiger partial charge is 0.484 e. The van der Waals surface area contributed by atoms with E-state index in [0.717, 1.165) is 31.2 Å². The van der Waals surface area contributed by atoms with Crippen LogP contribution in [0.2, 0.25) is 5.02 Å². The molecule has 0 unspecified atom stereocenters. The summed E-state index contributed by atoms with van der Waals surface area (Å²) in [5.41, 5.74) is 1.51. The lowest BCUT2D eigenvalue weighted by Crippen LogP contribution is -2.32. The monoisotopic (exact) mass is 422 g/mol. The van der Waals surface area contributed by atoms with Crippen molar-refractivity contribution in [3.05, 3.63) is 53.1 Å². The Bertz CT molecular complexity index is 939. The number of rotatable bonds is 7. The van der Waals surface area contributed by atoms with E-state index >= 15 is 0 Å². The van der Waals surface area contributed by atoms with Crippen LogP contribution in [0.5, 0.6) is 5.75 Å². The highest BCUT2D eigenvalue weighted by atomic mass is 35.5. The molecule has 150 valence electrons. The molecule has 0 bridgehead atoms. The molecular formula is C20H23ClN2O4S. The fourth-order valence-corrected chi connectivity index (χ4v) is 4.55. The van der Waals surface area contributed by atoms with Crippen molar-refractivity contribution in [1.29, 1.82) is 0 Å². The van der Waals surface area contributed by atoms with Gasteiger partial charge in [-0.1, -0.05) is 30.5 Å². The summed E-state index contributed by atoms with van der Waals surface area (Å²) in [7, 11) is -3.54. The lowest BCUT2D eigenvalue weighted by Gasteiger charge is -2.13. The third-order valence-corrected chi connectivity index (χ3v) is 6.58. The highest BCUT2D eigenvalue weighted by Gasteiger charge is 2.22. The van der Waals surface area contributed by atoms with Crippen molar-refractivity contribution < 1.29 is 17.9 Å². The van der Waals surface area contributed by atoms with E-state index in [-0.39, 0.29) is 23.5 Å². The number of aryl methyl sites for hydroxylation is 1. The first-order valence-corrected chi connectivity index (χ1v) is 11.0. The predicted octanol–water partition coefficient (Wildman–Crippen LogP) is 3.89. The summed E-state index contributed by atoms with van der Waals surface area (Å²) in [6.07, 6.45) is 3.86. The summed E-state index contributed by atoms with van der Waals surface area (Å²) >= 11 is 6.04. The Morgan fingerprint density at radius 2 is 1.82 bits per heavy atom. The molecule has 0 aromatic heterocycles. The molecule has 1 fully saturated rings. The topological polar surface area (TPSA) is 84.5 Å². The number of sulfonamides is 1. The zero-order valence-electron chi connectivity index (χ0n) is 15.6. The van der Waals surface area contributed by atoms with Gasteiger partial charge in [-0.2, -0.15) is 0 Å². The van der Waals surface area contributed by atoms with Crippen LogP contribution in [0.3, 0.4) is 0 Å². The van der Waals surface area contributed by atoms with E-state index in [9.17, 15) is 13.2 Å². The Morgan fingerprint density at radius 3 is 2.46 bits per heavy atom. The Kier molecular flexibility index (Phi) is 6.59. The van der Waals surface area contributed by atoms with E-state index < -0.39 is 10.0 Å². The van der Waals surface area contributed by atoms with Crippen molar-refractivity contribution in [1.82, 2.24) is 4.72 Å². The number of halogens is 1. The van der Waals surface area contributed by atoms with Crippen LogP contribution in [0, 0.1) is 6.92 Å². The van der Waals surface area contributed by atoms with E-state index in [1.54, 1.807) is 24.3 Å². The number of carbonyl (C=O) groups excluding carboxylic acids is 1. The van der Waals surface area contributed by atoms with Gasteiger partial charge in [-0.25, -0.2) is 13.1 Å². The minimum Gasteiger partial charge on any atom is -0.484 e. The minimum absolute atomic E-state index is 0.0138. The Balaban J connectivity index is 1.53. The summed E-state index contributed by atoms with van der Waals surface area (Å²) < 4.78 is 33.0. The van der Waals surface area contributed by atoms with Gasteiger partial charge in [-0.05, 0) is 61.7 Å². The molecular weight excluding hydrogens is 400 g/mol. The number of hydrogen-bond acceptors (Lipinski definition) is 4. The molecule has 28 heavy (non-hydrogen) atoms. The first-order valence-electron chi connectivity index (χ1n) is 9.15. The molecule has 0 aliphatic heterocycles. The number of amides is 1. The van der Waals surface area contributed by atoms with Crippen molar-refractivity contribution in [3.8, 4) is 5.75 Å². The standard InChI is InChI=1S/C20H23ClN2O4S/c1-14-6-7-16(12-19(14)21)22-20(24)13-27-17-8-10-18(11-9-17)28(25,26)23-15-4-2-3-5-15/h6-12,15,23H,2-5,13H2,1H3,(H,22,24). The van der Waals surface area contributed by atoms with Gasteiger partial charge in [0.2, 0.25) is 10.0 Å². The average molecular weight is 423 g/mol. The lowest BCUT2D eigenvalue weighted by molar-refractivity contribution is -0.118. The summed E-state index contributed by atoms with van der Waals surface area (Å²) in [4.78, 5) is 12.2. The first kappa shape index (κ1) is 20.6. The summed E-state index contributed by atoms with van der Waals surface area (Å²) in [5.74, 6) is 0.0800. The molecule has 2 N–H and O–H groups in total. The van der Waals surface area contributed by atoms with Gasteiger partial charge in [0, 0.05) is 16.8 Å². The fourth-order valence-electron chi connectivity index (χ4n) is 3.06. The van der Waals surface area contributed by atoms with E-state index in [4.69, 9.17) is 16.3 Å². The number of hydrogen-bond donors (Lipinski definition) is 2. The second kappa shape index (κ2) is 8.94. The van der Waals surface area contributed by atoms with Crippen LogP contribution in [0.15, 0.2) is 47.4 Å². The van der Waals surface area contributed by atoms with E-state index in [1.165, 1.54) is 12.1 Å². The molecule has 0 heterocycles. The molecule has 0 atom stereocenters. The van der Waals surface area contributed by atoms with Crippen LogP contribution in [0.25, 0.3) is 0 Å². The third-order valence-electron chi connectivity index (χ3n) is 4.64. The van der Waals surface area contributed by atoms with E-state index in [1.807, 2.05) is 13.0 Å².